The van der Waals surface area contributed by atoms with Crippen molar-refractivity contribution in [2.75, 3.05) is 13.7 Å². The lowest BCUT2D eigenvalue weighted by Crippen LogP contribution is -2.25. The van der Waals surface area contributed by atoms with Crippen LogP contribution in [0.15, 0.2) is 48.5 Å². The summed E-state index contributed by atoms with van der Waals surface area (Å²) >= 11 is 0.851. The van der Waals surface area contributed by atoms with Gasteiger partial charge in [0.25, 0.3) is 0 Å². The molecule has 184 valence electrons. The maximum atomic E-state index is 14.6. The van der Waals surface area contributed by atoms with Crippen LogP contribution in [0.4, 0.5) is 4.39 Å². The summed E-state index contributed by atoms with van der Waals surface area (Å²) in [5, 5.41) is -0.515. The van der Waals surface area contributed by atoms with Crippen LogP contribution in [0.25, 0.3) is 21.6 Å². The first kappa shape index (κ1) is 24.9. The van der Waals surface area contributed by atoms with Crippen molar-refractivity contribution in [1.29, 1.82) is 0 Å². The zero-order valence-electron chi connectivity index (χ0n) is 20.6. The van der Waals surface area contributed by atoms with Crippen LogP contribution in [0, 0.1) is 5.13 Å². The number of benzene rings is 2. The molecule has 0 radical (unpaired) electrons. The molecule has 2 aromatic carbocycles. The maximum Gasteiger partial charge on any atom is 0.340 e. The molecule has 0 bridgehead atoms. The molecule has 0 aliphatic heterocycles. The van der Waals surface area contributed by atoms with E-state index in [0.29, 0.717) is 34.6 Å². The number of thiophene rings is 1. The second-order valence-electron chi connectivity index (χ2n) is 9.53. The van der Waals surface area contributed by atoms with E-state index in [9.17, 15) is 14.0 Å². The standard InChI is InChI=1S/C28H29FO5S/c1-6-33-26(31)28(14-15-28)22-19(13-12-18(23(22)32-5)17-10-8-7-9-11-17)24-20(16-21(29)35-24)25(30)34-27(2,3)4/h7-13,16H,6,14-15H2,1-5H3. The number of esters is 2. The van der Waals surface area contributed by atoms with Crippen LogP contribution < -0.4 is 4.74 Å². The third-order valence-electron chi connectivity index (χ3n) is 5.91. The summed E-state index contributed by atoms with van der Waals surface area (Å²) < 4.78 is 31.5. The highest BCUT2D eigenvalue weighted by Gasteiger charge is 2.56. The number of hydrogen-bond acceptors (Lipinski definition) is 6. The second kappa shape index (κ2) is 9.46. The van der Waals surface area contributed by atoms with Gasteiger partial charge in [0.05, 0.1) is 29.6 Å². The van der Waals surface area contributed by atoms with E-state index in [1.165, 1.54) is 6.07 Å². The van der Waals surface area contributed by atoms with Crippen molar-refractivity contribution >= 4 is 23.3 Å². The molecule has 0 spiro atoms. The zero-order chi connectivity index (χ0) is 25.4. The average Bonchev–Trinajstić information content (AvgIpc) is 3.53. The molecule has 7 heteroatoms. The van der Waals surface area contributed by atoms with Gasteiger partial charge in [-0.15, -0.1) is 11.3 Å². The van der Waals surface area contributed by atoms with E-state index in [2.05, 4.69) is 0 Å². The lowest BCUT2D eigenvalue weighted by molar-refractivity contribution is -0.146. The number of ether oxygens (including phenoxy) is 3. The molecule has 0 unspecified atom stereocenters. The van der Waals surface area contributed by atoms with E-state index in [1.54, 1.807) is 34.8 Å². The van der Waals surface area contributed by atoms with Crippen LogP contribution in [0.2, 0.25) is 0 Å². The summed E-state index contributed by atoms with van der Waals surface area (Å²) in [5.41, 5.74) is 1.37. The van der Waals surface area contributed by atoms with E-state index in [1.807, 2.05) is 42.5 Å². The van der Waals surface area contributed by atoms with E-state index in [4.69, 9.17) is 14.2 Å². The Morgan fingerprint density at radius 1 is 1.06 bits per heavy atom. The molecule has 4 rings (SSSR count). The largest absolute Gasteiger partial charge is 0.496 e. The number of carbonyl (C=O) groups excluding carboxylic acids is 2. The highest BCUT2D eigenvalue weighted by atomic mass is 32.1. The molecule has 35 heavy (non-hydrogen) atoms. The van der Waals surface area contributed by atoms with Gasteiger partial charge in [-0.1, -0.05) is 36.4 Å². The summed E-state index contributed by atoms with van der Waals surface area (Å²) in [6.45, 7) is 7.29. The summed E-state index contributed by atoms with van der Waals surface area (Å²) in [7, 11) is 1.56. The fourth-order valence-electron chi connectivity index (χ4n) is 4.30. The van der Waals surface area contributed by atoms with Crippen molar-refractivity contribution in [3.63, 3.8) is 0 Å². The molecular formula is C28H29FO5S. The Morgan fingerprint density at radius 3 is 2.29 bits per heavy atom. The Kier molecular flexibility index (Phi) is 6.73. The van der Waals surface area contributed by atoms with Crippen molar-refractivity contribution < 1.29 is 28.2 Å². The first-order chi connectivity index (χ1) is 16.6. The molecule has 0 atom stereocenters. The summed E-state index contributed by atoms with van der Waals surface area (Å²) in [4.78, 5) is 26.6. The molecule has 0 amide bonds. The Bertz CT molecular complexity index is 1250. The van der Waals surface area contributed by atoms with Crippen LogP contribution in [-0.2, 0) is 19.7 Å². The van der Waals surface area contributed by atoms with Gasteiger partial charge < -0.3 is 14.2 Å². The smallest absolute Gasteiger partial charge is 0.340 e. The summed E-state index contributed by atoms with van der Waals surface area (Å²) in [6.07, 6.45) is 1.14. The second-order valence-corrected chi connectivity index (χ2v) is 10.5. The molecule has 1 aliphatic carbocycles. The van der Waals surface area contributed by atoms with E-state index in [-0.39, 0.29) is 18.1 Å². The van der Waals surface area contributed by atoms with Crippen molar-refractivity contribution in [2.24, 2.45) is 0 Å². The van der Waals surface area contributed by atoms with Gasteiger partial charge in [0.15, 0.2) is 5.13 Å². The Morgan fingerprint density at radius 2 is 1.71 bits per heavy atom. The minimum absolute atomic E-state index is 0.123. The number of halogens is 1. The van der Waals surface area contributed by atoms with Crippen LogP contribution in [-0.4, -0.2) is 31.3 Å². The maximum absolute atomic E-state index is 14.6. The van der Waals surface area contributed by atoms with Gasteiger partial charge in [0.2, 0.25) is 0 Å². The lowest BCUT2D eigenvalue weighted by Gasteiger charge is -2.24. The first-order valence-corrected chi connectivity index (χ1v) is 12.4. The van der Waals surface area contributed by atoms with Crippen molar-refractivity contribution in [3.8, 4) is 27.3 Å². The van der Waals surface area contributed by atoms with Crippen molar-refractivity contribution in [2.45, 2.75) is 51.6 Å². The SMILES string of the molecule is CCOC(=O)C1(c2c(-c3sc(F)cc3C(=O)OC(C)(C)C)ccc(-c3ccccc3)c2OC)CC1. The third kappa shape index (κ3) is 4.82. The molecule has 3 aromatic rings. The number of rotatable bonds is 7. The average molecular weight is 497 g/mol. The first-order valence-electron chi connectivity index (χ1n) is 11.6. The summed E-state index contributed by atoms with van der Waals surface area (Å²) in [5.74, 6) is -0.450. The molecule has 1 fully saturated rings. The zero-order valence-corrected chi connectivity index (χ0v) is 21.4. The van der Waals surface area contributed by atoms with Gasteiger partial charge in [-0.3, -0.25) is 4.79 Å². The Balaban J connectivity index is 1.98. The number of hydrogen-bond donors (Lipinski definition) is 0. The Labute approximate surface area is 208 Å². The highest BCUT2D eigenvalue weighted by Crippen LogP contribution is 2.58. The summed E-state index contributed by atoms with van der Waals surface area (Å²) in [6, 6.07) is 14.6. The molecule has 0 N–H and O–H groups in total. The van der Waals surface area contributed by atoms with E-state index in [0.717, 1.165) is 22.5 Å². The number of methoxy groups -OCH3 is 1. The lowest BCUT2D eigenvalue weighted by atomic mass is 9.85. The highest BCUT2D eigenvalue weighted by molar-refractivity contribution is 7.14. The van der Waals surface area contributed by atoms with Crippen LogP contribution >= 0.6 is 11.3 Å². The van der Waals surface area contributed by atoms with Gasteiger partial charge in [0, 0.05) is 22.8 Å². The molecule has 0 saturated heterocycles. The predicted octanol–water partition coefficient (Wildman–Crippen LogP) is 6.78. The minimum atomic E-state index is -0.923. The van der Waals surface area contributed by atoms with Crippen LogP contribution in [0.5, 0.6) is 5.75 Å². The van der Waals surface area contributed by atoms with Gasteiger partial charge in [-0.05, 0) is 52.2 Å². The molecule has 1 saturated carbocycles. The monoisotopic (exact) mass is 496 g/mol. The van der Waals surface area contributed by atoms with Gasteiger partial charge >= 0.3 is 11.9 Å². The van der Waals surface area contributed by atoms with E-state index < -0.39 is 22.1 Å². The molecular weight excluding hydrogens is 467 g/mol. The van der Waals surface area contributed by atoms with Gasteiger partial charge in [-0.2, -0.15) is 4.39 Å². The predicted molar refractivity (Wildman–Crippen MR) is 134 cm³/mol. The molecule has 1 heterocycles. The fourth-order valence-corrected chi connectivity index (χ4v) is 5.20. The molecule has 1 aromatic heterocycles. The topological polar surface area (TPSA) is 61.8 Å². The Hall–Kier alpha value is -3.19. The normalized spacial score (nSPS) is 14.3. The molecule has 1 aliphatic rings. The quantitative estimate of drug-likeness (QED) is 0.338. The van der Waals surface area contributed by atoms with Gasteiger partial charge in [0.1, 0.15) is 11.4 Å². The third-order valence-corrected chi connectivity index (χ3v) is 6.86. The van der Waals surface area contributed by atoms with Crippen LogP contribution in [0.3, 0.4) is 0 Å². The van der Waals surface area contributed by atoms with Crippen molar-refractivity contribution in [1.82, 2.24) is 0 Å². The minimum Gasteiger partial charge on any atom is -0.496 e. The fraction of sp³-hybridized carbons (Fsp3) is 0.357. The van der Waals surface area contributed by atoms with Crippen molar-refractivity contribution in [3.05, 3.63) is 64.8 Å². The number of carbonyl (C=O) groups is 2. The van der Waals surface area contributed by atoms with Gasteiger partial charge in [-0.25, -0.2) is 4.79 Å². The van der Waals surface area contributed by atoms with E-state index >= 15 is 0 Å². The molecule has 5 nitrogen and oxygen atoms in total. The van der Waals surface area contributed by atoms with Crippen LogP contribution in [0.1, 0.15) is 56.5 Å².